The van der Waals surface area contributed by atoms with Crippen LogP contribution in [0.15, 0.2) is 71.6 Å². The first kappa shape index (κ1) is 25.7. The maximum absolute atomic E-state index is 14.7. The fourth-order valence-corrected chi connectivity index (χ4v) is 5.25. The first-order valence-corrected chi connectivity index (χ1v) is 12.9. The van der Waals surface area contributed by atoms with Gasteiger partial charge in [-0.3, -0.25) is 4.79 Å². The van der Waals surface area contributed by atoms with Gasteiger partial charge in [-0.2, -0.15) is 4.31 Å². The summed E-state index contributed by atoms with van der Waals surface area (Å²) in [6.07, 6.45) is -1.35. The van der Waals surface area contributed by atoms with Gasteiger partial charge in [0.2, 0.25) is 15.8 Å². The zero-order chi connectivity index (χ0) is 25.9. The number of rotatable bonds is 7. The quantitative estimate of drug-likeness (QED) is 0.348. The largest absolute Gasteiger partial charge is 0.445 e. The smallest absolute Gasteiger partial charge is 0.342 e. The number of carbonyl (C=O) groups is 2. The van der Waals surface area contributed by atoms with E-state index in [0.29, 0.717) is 11.1 Å². The summed E-state index contributed by atoms with van der Waals surface area (Å²) in [6, 6.07) is 16.6. The molecule has 0 aromatic heterocycles. The van der Waals surface area contributed by atoms with E-state index in [1.165, 1.54) is 4.31 Å². The minimum absolute atomic E-state index is 0.153. The second-order valence-corrected chi connectivity index (χ2v) is 10.5. The van der Waals surface area contributed by atoms with Crippen LogP contribution in [-0.4, -0.2) is 50.8 Å². The molecule has 3 aromatic rings. The lowest BCUT2D eigenvalue weighted by atomic mass is 9.98. The van der Waals surface area contributed by atoms with Crippen molar-refractivity contribution in [1.82, 2.24) is 4.31 Å². The summed E-state index contributed by atoms with van der Waals surface area (Å²) in [7, 11) is -3.97. The van der Waals surface area contributed by atoms with Gasteiger partial charge in [0.1, 0.15) is 5.82 Å². The molecule has 1 fully saturated rings. The van der Waals surface area contributed by atoms with Crippen molar-refractivity contribution in [3.05, 3.63) is 100 Å². The second kappa shape index (κ2) is 10.7. The van der Waals surface area contributed by atoms with Gasteiger partial charge < -0.3 is 9.47 Å². The molecule has 0 spiro atoms. The number of nitrogens with zero attached hydrogens (tertiary/aromatic N) is 1. The predicted molar refractivity (Wildman–Crippen MR) is 131 cm³/mol. The molecule has 36 heavy (non-hydrogen) atoms. The van der Waals surface area contributed by atoms with E-state index in [0.717, 1.165) is 29.3 Å². The van der Waals surface area contributed by atoms with Gasteiger partial charge in [0.15, 0.2) is 6.10 Å². The molecule has 188 valence electrons. The first-order valence-electron chi connectivity index (χ1n) is 11.4. The summed E-state index contributed by atoms with van der Waals surface area (Å²) in [4.78, 5) is 26.2. The lowest BCUT2D eigenvalue weighted by molar-refractivity contribution is 0.0275. The molecule has 0 aliphatic carbocycles. The Labute approximate surface area is 209 Å². The standard InChI is InChI=1S/C27H26FNO6S/c1-18-3-7-20(8-4-18)25(30)26(21-9-5-19(2)6-10-21)35-27(31)23-17-22(11-12-24(23)28)36(32,33)29-13-15-34-16-14-29/h3-12,17,26H,13-16H2,1-2H3. The monoisotopic (exact) mass is 511 g/mol. The van der Waals surface area contributed by atoms with Crippen molar-refractivity contribution in [3.8, 4) is 0 Å². The van der Waals surface area contributed by atoms with Crippen LogP contribution in [0.2, 0.25) is 0 Å². The fraction of sp³-hybridized carbons (Fsp3) is 0.259. The highest BCUT2D eigenvalue weighted by Gasteiger charge is 2.31. The number of esters is 1. The zero-order valence-corrected chi connectivity index (χ0v) is 20.8. The first-order chi connectivity index (χ1) is 17.2. The summed E-state index contributed by atoms with van der Waals surface area (Å²) in [5, 5.41) is 0. The number of Topliss-reactive ketones (excluding diaryl/α,β-unsaturated/α-hetero) is 1. The molecule has 0 N–H and O–H groups in total. The van der Waals surface area contributed by atoms with Crippen LogP contribution >= 0.6 is 0 Å². The number of sulfonamides is 1. The Morgan fingerprint density at radius 2 is 1.50 bits per heavy atom. The molecule has 9 heteroatoms. The number of halogens is 1. The van der Waals surface area contributed by atoms with E-state index >= 15 is 0 Å². The summed E-state index contributed by atoms with van der Waals surface area (Å²) < 4.78 is 52.7. The van der Waals surface area contributed by atoms with Crippen LogP contribution in [0.3, 0.4) is 0 Å². The van der Waals surface area contributed by atoms with E-state index in [1.54, 1.807) is 48.5 Å². The molecule has 0 radical (unpaired) electrons. The highest BCUT2D eigenvalue weighted by molar-refractivity contribution is 7.89. The third-order valence-electron chi connectivity index (χ3n) is 5.94. The number of morpholine rings is 1. The minimum Gasteiger partial charge on any atom is -0.445 e. The highest BCUT2D eigenvalue weighted by atomic mass is 32.2. The third-order valence-corrected chi connectivity index (χ3v) is 7.84. The number of hydrogen-bond donors (Lipinski definition) is 0. The molecule has 3 aromatic carbocycles. The van der Waals surface area contributed by atoms with Crippen molar-refractivity contribution in [2.24, 2.45) is 0 Å². The highest BCUT2D eigenvalue weighted by Crippen LogP contribution is 2.27. The van der Waals surface area contributed by atoms with Gasteiger partial charge in [-0.15, -0.1) is 0 Å². The maximum atomic E-state index is 14.7. The van der Waals surface area contributed by atoms with Gasteiger partial charge >= 0.3 is 5.97 Å². The van der Waals surface area contributed by atoms with Gasteiger partial charge in [0.25, 0.3) is 0 Å². The van der Waals surface area contributed by atoms with Crippen LogP contribution in [0, 0.1) is 19.7 Å². The van der Waals surface area contributed by atoms with Crippen molar-refractivity contribution < 1.29 is 31.9 Å². The molecule has 1 heterocycles. The number of carbonyl (C=O) groups excluding carboxylic acids is 2. The summed E-state index contributed by atoms with van der Waals surface area (Å²) in [5.41, 5.74) is 2.06. The van der Waals surface area contributed by atoms with Gasteiger partial charge in [-0.05, 0) is 32.0 Å². The normalized spacial score (nSPS) is 15.3. The van der Waals surface area contributed by atoms with Crippen LogP contribution in [0.4, 0.5) is 4.39 Å². The Kier molecular flexibility index (Phi) is 7.63. The number of aryl methyl sites for hydroxylation is 2. The lowest BCUT2D eigenvalue weighted by Crippen LogP contribution is -2.40. The topological polar surface area (TPSA) is 90.0 Å². The molecule has 0 amide bonds. The molecule has 0 saturated carbocycles. The van der Waals surface area contributed by atoms with E-state index in [4.69, 9.17) is 9.47 Å². The van der Waals surface area contributed by atoms with Crippen molar-refractivity contribution >= 4 is 21.8 Å². The van der Waals surface area contributed by atoms with Crippen molar-refractivity contribution in [3.63, 3.8) is 0 Å². The Hall–Kier alpha value is -3.40. The van der Waals surface area contributed by atoms with Crippen molar-refractivity contribution in [2.75, 3.05) is 26.3 Å². The molecule has 7 nitrogen and oxygen atoms in total. The molecule has 1 atom stereocenters. The molecule has 0 bridgehead atoms. The molecular formula is C27H26FNO6S. The maximum Gasteiger partial charge on any atom is 0.342 e. The summed E-state index contributed by atoms with van der Waals surface area (Å²) in [5.74, 6) is -2.58. The van der Waals surface area contributed by atoms with Gasteiger partial charge in [0.05, 0.1) is 23.7 Å². The van der Waals surface area contributed by atoms with Gasteiger partial charge in [0, 0.05) is 24.2 Å². The Morgan fingerprint density at radius 3 is 2.11 bits per heavy atom. The van der Waals surface area contributed by atoms with E-state index in [-0.39, 0.29) is 31.2 Å². The van der Waals surface area contributed by atoms with Gasteiger partial charge in [-0.25, -0.2) is 17.6 Å². The Bertz CT molecular complexity index is 1360. The minimum atomic E-state index is -3.97. The lowest BCUT2D eigenvalue weighted by Gasteiger charge is -2.26. The molecule has 1 aliphatic rings. The van der Waals surface area contributed by atoms with Crippen molar-refractivity contribution in [2.45, 2.75) is 24.8 Å². The fourth-order valence-electron chi connectivity index (χ4n) is 3.81. The van der Waals surface area contributed by atoms with E-state index in [1.807, 2.05) is 13.8 Å². The average Bonchev–Trinajstić information content (AvgIpc) is 2.88. The Balaban J connectivity index is 1.67. The third kappa shape index (κ3) is 5.53. The number of ether oxygens (including phenoxy) is 2. The summed E-state index contributed by atoms with van der Waals surface area (Å²) >= 11 is 0. The van der Waals surface area contributed by atoms with Gasteiger partial charge in [-0.1, -0.05) is 59.7 Å². The van der Waals surface area contributed by atoms with E-state index < -0.39 is 39.3 Å². The molecule has 4 rings (SSSR count). The Morgan fingerprint density at radius 1 is 0.917 bits per heavy atom. The number of benzene rings is 3. The van der Waals surface area contributed by atoms with Crippen LogP contribution in [0.5, 0.6) is 0 Å². The second-order valence-electron chi connectivity index (χ2n) is 8.58. The van der Waals surface area contributed by atoms with Crippen LogP contribution in [-0.2, 0) is 19.5 Å². The van der Waals surface area contributed by atoms with E-state index in [2.05, 4.69) is 0 Å². The molecule has 1 unspecified atom stereocenters. The van der Waals surface area contributed by atoms with E-state index in [9.17, 15) is 22.4 Å². The molecule has 1 saturated heterocycles. The molecule has 1 aliphatic heterocycles. The van der Waals surface area contributed by atoms with Crippen molar-refractivity contribution in [1.29, 1.82) is 0 Å². The zero-order valence-electron chi connectivity index (χ0n) is 19.9. The van der Waals surface area contributed by atoms with Crippen LogP contribution < -0.4 is 0 Å². The van der Waals surface area contributed by atoms with Crippen LogP contribution in [0.1, 0.15) is 43.5 Å². The SMILES string of the molecule is Cc1ccc(C(=O)C(OC(=O)c2cc(S(=O)(=O)N3CCOCC3)ccc2F)c2ccc(C)cc2)cc1. The predicted octanol–water partition coefficient (Wildman–Crippen LogP) is 4.24. The number of hydrogen-bond acceptors (Lipinski definition) is 6. The average molecular weight is 512 g/mol. The number of ketones is 1. The van der Waals surface area contributed by atoms with Crippen LogP contribution in [0.25, 0.3) is 0 Å². The molecular weight excluding hydrogens is 485 g/mol. The summed E-state index contributed by atoms with van der Waals surface area (Å²) in [6.45, 7) is 4.55.